The van der Waals surface area contributed by atoms with Gasteiger partial charge >= 0.3 is 0 Å². The van der Waals surface area contributed by atoms with E-state index in [0.29, 0.717) is 22.6 Å². The number of anilines is 1. The summed E-state index contributed by atoms with van der Waals surface area (Å²) in [5.41, 5.74) is 8.31. The number of aromatic nitrogens is 3. The number of aryl methyl sites for hydroxylation is 1. The molecule has 3 heterocycles. The van der Waals surface area contributed by atoms with Gasteiger partial charge in [0.05, 0.1) is 18.2 Å². The van der Waals surface area contributed by atoms with Crippen LogP contribution in [0.5, 0.6) is 0 Å². The average molecular weight is 265 g/mol. The number of rotatable bonds is 2. The summed E-state index contributed by atoms with van der Waals surface area (Å²) in [7, 11) is 1.82. The second kappa shape index (κ2) is 4.55. The number of hydrogen-bond acceptors (Lipinski definition) is 5. The average Bonchev–Trinajstić information content (AvgIpc) is 3.08. The number of nitrogens with zero attached hydrogens (tertiary/aromatic N) is 4. The molecule has 0 radical (unpaired) electrons. The summed E-state index contributed by atoms with van der Waals surface area (Å²) >= 11 is 0. The molecule has 0 spiro atoms. The molecule has 3 aromatic heterocycles. The van der Waals surface area contributed by atoms with Crippen LogP contribution in [0.1, 0.15) is 5.56 Å². The molecule has 0 aliphatic carbocycles. The van der Waals surface area contributed by atoms with Crippen LogP contribution in [-0.2, 0) is 7.05 Å². The van der Waals surface area contributed by atoms with E-state index in [1.54, 1.807) is 35.3 Å². The molecular weight excluding hydrogens is 254 g/mol. The fraction of sp³-hybridized carbons (Fsp3) is 0.0714. The molecule has 0 saturated carbocycles. The molecule has 0 atom stereocenters. The minimum absolute atomic E-state index is 0.181. The SMILES string of the molecule is Cn1cc(-c2cc(-c3ccco3)c(C#N)c(N)n2)cn1. The molecule has 0 aliphatic heterocycles. The fourth-order valence-electron chi connectivity index (χ4n) is 2.01. The second-order valence-corrected chi connectivity index (χ2v) is 4.31. The highest BCUT2D eigenvalue weighted by Crippen LogP contribution is 2.31. The van der Waals surface area contributed by atoms with E-state index >= 15 is 0 Å². The largest absolute Gasteiger partial charge is 0.464 e. The molecule has 2 N–H and O–H groups in total. The first-order chi connectivity index (χ1) is 9.69. The summed E-state index contributed by atoms with van der Waals surface area (Å²) in [6.45, 7) is 0. The van der Waals surface area contributed by atoms with Crippen molar-refractivity contribution in [3.05, 3.63) is 42.4 Å². The van der Waals surface area contributed by atoms with Gasteiger partial charge in [0, 0.05) is 24.4 Å². The van der Waals surface area contributed by atoms with E-state index in [9.17, 15) is 5.26 Å². The van der Waals surface area contributed by atoms with Crippen molar-refractivity contribution < 1.29 is 4.42 Å². The summed E-state index contributed by atoms with van der Waals surface area (Å²) in [5.74, 6) is 0.765. The molecule has 0 aliphatic rings. The molecular formula is C14H11N5O. The smallest absolute Gasteiger partial charge is 0.142 e. The minimum atomic E-state index is 0.181. The molecule has 0 unspecified atom stereocenters. The third kappa shape index (κ3) is 1.91. The first kappa shape index (κ1) is 12.0. The van der Waals surface area contributed by atoms with Crippen LogP contribution in [0.15, 0.2) is 41.3 Å². The van der Waals surface area contributed by atoms with E-state index in [2.05, 4.69) is 16.2 Å². The predicted octanol–water partition coefficient (Wildman–Crippen LogP) is 2.20. The van der Waals surface area contributed by atoms with Gasteiger partial charge in [-0.2, -0.15) is 10.4 Å². The molecule has 98 valence electrons. The number of hydrogen-bond donors (Lipinski definition) is 1. The fourth-order valence-corrected chi connectivity index (χ4v) is 2.01. The Kier molecular flexibility index (Phi) is 2.73. The maximum Gasteiger partial charge on any atom is 0.142 e. The van der Waals surface area contributed by atoms with Crippen molar-refractivity contribution in [3.63, 3.8) is 0 Å². The lowest BCUT2D eigenvalue weighted by Crippen LogP contribution is -1.99. The first-order valence-corrected chi connectivity index (χ1v) is 5.92. The van der Waals surface area contributed by atoms with Crippen molar-refractivity contribution in [1.29, 1.82) is 5.26 Å². The van der Waals surface area contributed by atoms with Crippen LogP contribution in [0.4, 0.5) is 5.82 Å². The number of nitriles is 1. The van der Waals surface area contributed by atoms with E-state index in [-0.39, 0.29) is 5.82 Å². The highest BCUT2D eigenvalue weighted by molar-refractivity contribution is 5.77. The van der Waals surface area contributed by atoms with Crippen molar-refractivity contribution in [2.75, 3.05) is 5.73 Å². The van der Waals surface area contributed by atoms with E-state index < -0.39 is 0 Å². The number of nitrogens with two attached hydrogens (primary N) is 1. The molecule has 0 amide bonds. The van der Waals surface area contributed by atoms with Crippen LogP contribution in [0.25, 0.3) is 22.6 Å². The van der Waals surface area contributed by atoms with Gasteiger partial charge in [0.25, 0.3) is 0 Å². The topological polar surface area (TPSA) is 93.7 Å². The quantitative estimate of drug-likeness (QED) is 0.766. The van der Waals surface area contributed by atoms with Gasteiger partial charge in [0.1, 0.15) is 23.2 Å². The molecule has 0 fully saturated rings. The highest BCUT2D eigenvalue weighted by Gasteiger charge is 2.15. The van der Waals surface area contributed by atoms with Crippen LogP contribution in [0.3, 0.4) is 0 Å². The zero-order chi connectivity index (χ0) is 14.1. The third-order valence-electron chi connectivity index (χ3n) is 2.95. The van der Waals surface area contributed by atoms with Crippen LogP contribution in [-0.4, -0.2) is 14.8 Å². The highest BCUT2D eigenvalue weighted by atomic mass is 16.3. The Hall–Kier alpha value is -3.07. The third-order valence-corrected chi connectivity index (χ3v) is 2.95. The Morgan fingerprint density at radius 1 is 1.45 bits per heavy atom. The standard InChI is InChI=1S/C14H11N5O/c1-19-8-9(7-17-19)12-5-10(13-3-2-4-20-13)11(6-15)14(16)18-12/h2-5,7-8H,1H3,(H2,16,18). The molecule has 6 nitrogen and oxygen atoms in total. The Balaban J connectivity index is 2.23. The van der Waals surface area contributed by atoms with Gasteiger partial charge in [-0.15, -0.1) is 0 Å². The summed E-state index contributed by atoms with van der Waals surface area (Å²) in [5, 5.41) is 13.3. The van der Waals surface area contributed by atoms with Crippen LogP contribution in [0.2, 0.25) is 0 Å². The van der Waals surface area contributed by atoms with Crippen LogP contribution < -0.4 is 5.73 Å². The van der Waals surface area contributed by atoms with Crippen molar-refractivity contribution in [3.8, 4) is 28.7 Å². The maximum absolute atomic E-state index is 9.24. The molecule has 20 heavy (non-hydrogen) atoms. The Morgan fingerprint density at radius 3 is 2.90 bits per heavy atom. The second-order valence-electron chi connectivity index (χ2n) is 4.31. The van der Waals surface area contributed by atoms with Crippen molar-refractivity contribution >= 4 is 5.82 Å². The Morgan fingerprint density at radius 2 is 2.30 bits per heavy atom. The monoisotopic (exact) mass is 265 g/mol. The zero-order valence-electron chi connectivity index (χ0n) is 10.7. The molecule has 3 rings (SSSR count). The van der Waals surface area contributed by atoms with Gasteiger partial charge < -0.3 is 10.2 Å². The number of nitrogen functional groups attached to an aromatic ring is 1. The lowest BCUT2D eigenvalue weighted by molar-refractivity contribution is 0.582. The lowest BCUT2D eigenvalue weighted by Gasteiger charge is -2.06. The molecule has 3 aromatic rings. The predicted molar refractivity (Wildman–Crippen MR) is 73.3 cm³/mol. The van der Waals surface area contributed by atoms with Gasteiger partial charge in [-0.25, -0.2) is 4.98 Å². The lowest BCUT2D eigenvalue weighted by atomic mass is 10.0. The zero-order valence-corrected chi connectivity index (χ0v) is 10.7. The van der Waals surface area contributed by atoms with E-state index in [1.165, 1.54) is 0 Å². The normalized spacial score (nSPS) is 10.4. The summed E-state index contributed by atoms with van der Waals surface area (Å²) < 4.78 is 7.04. The molecule has 0 bridgehead atoms. The number of pyridine rings is 1. The summed E-state index contributed by atoms with van der Waals surface area (Å²) in [6, 6.07) is 7.39. The van der Waals surface area contributed by atoms with Gasteiger partial charge in [0.15, 0.2) is 0 Å². The number of furan rings is 1. The Labute approximate surface area is 115 Å². The Bertz CT molecular complexity index is 796. The summed E-state index contributed by atoms with van der Waals surface area (Å²) in [4.78, 5) is 4.26. The molecule has 0 aromatic carbocycles. The van der Waals surface area contributed by atoms with E-state index in [0.717, 1.165) is 5.56 Å². The van der Waals surface area contributed by atoms with Gasteiger partial charge in [-0.05, 0) is 18.2 Å². The van der Waals surface area contributed by atoms with Crippen LogP contribution >= 0.6 is 0 Å². The van der Waals surface area contributed by atoms with E-state index in [1.807, 2.05) is 13.2 Å². The van der Waals surface area contributed by atoms with Gasteiger partial charge in [0.2, 0.25) is 0 Å². The molecule has 0 saturated heterocycles. The van der Waals surface area contributed by atoms with Crippen molar-refractivity contribution in [2.45, 2.75) is 0 Å². The van der Waals surface area contributed by atoms with Crippen molar-refractivity contribution in [1.82, 2.24) is 14.8 Å². The first-order valence-electron chi connectivity index (χ1n) is 5.92. The van der Waals surface area contributed by atoms with Crippen LogP contribution in [0, 0.1) is 11.3 Å². The maximum atomic E-state index is 9.24. The van der Waals surface area contributed by atoms with Crippen molar-refractivity contribution in [2.24, 2.45) is 7.05 Å². The minimum Gasteiger partial charge on any atom is -0.464 e. The summed E-state index contributed by atoms with van der Waals surface area (Å²) in [6.07, 6.45) is 5.08. The molecule has 6 heteroatoms. The van der Waals surface area contributed by atoms with E-state index in [4.69, 9.17) is 10.2 Å². The van der Waals surface area contributed by atoms with Gasteiger partial charge in [-0.3, -0.25) is 4.68 Å². The van der Waals surface area contributed by atoms with Gasteiger partial charge in [-0.1, -0.05) is 0 Å².